The van der Waals surface area contributed by atoms with Gasteiger partial charge in [-0.1, -0.05) is 52.9 Å². The number of carboxylic acids is 3. The first kappa shape index (κ1) is 87.6. The molecule has 12 N–H and O–H groups in total. The first-order valence-electron chi connectivity index (χ1n) is 35.7. The predicted molar refractivity (Wildman–Crippen MR) is 422 cm³/mol. The van der Waals surface area contributed by atoms with E-state index in [2.05, 4.69) is 88.4 Å². The molecule has 0 unspecified atom stereocenters. The number of nitrogen functional groups attached to an aromatic ring is 1. The second kappa shape index (κ2) is 37.7. The number of carbonyl (C=O) groups excluding carboxylic acids is 10. The summed E-state index contributed by atoms with van der Waals surface area (Å²) in [4.78, 5) is 184. The topological polar surface area (TPSA) is 582 Å². The van der Waals surface area contributed by atoms with Crippen molar-refractivity contribution in [3.63, 3.8) is 0 Å². The number of fused-ring (bicyclic) bond motifs is 4. The largest absolute Gasteiger partial charge is 1.00 e. The third kappa shape index (κ3) is 18.7. The van der Waals surface area contributed by atoms with Gasteiger partial charge in [0, 0.05) is 108 Å². The number of pyridine rings is 3. The third-order valence-electron chi connectivity index (χ3n) is 19.3. The van der Waals surface area contributed by atoms with Crippen LogP contribution in [0.25, 0.3) is 0 Å². The van der Waals surface area contributed by atoms with E-state index in [-0.39, 0.29) is 120 Å². The monoisotopic (exact) mass is 1760 g/mol. The molecule has 0 radical (unpaired) electrons. The SMILES string of the molecule is CO/N=C(\C(=O)N[C@@H]1C(=O)N2C(C(=O)[O-])=C(C[n+]3cccc4c3CCC4)CS[C@H]12)c1csc(N)n1.Cc1cc(=O)c(C(=O)N[C@@H](C(=O)N[C@@H]2C(=O)N3C(C(=O)O)=C(CSc4nnnn4C)CS[C@H]23)c2ccc(O)cc2)c[nH]1.Cc1cc(=O)c(C(=O)N[C@@H](C(=O)N[C@@H]2C(=O)N3C(C(=O)[O-])=C(CSc4nnnn4C)CS[C@H]23)c2ccc(O)cc2)c[nH]1.[Na+]. The Bertz CT molecular complexity index is 5470. The number of thioether (sulfide) groups is 5. The van der Waals surface area contributed by atoms with Crippen LogP contribution < -0.4 is 87.5 Å². The first-order chi connectivity index (χ1) is 57.0. The van der Waals surface area contributed by atoms with Gasteiger partial charge in [-0.3, -0.25) is 62.6 Å². The maximum Gasteiger partial charge on any atom is 1.00 e. The molecule has 0 spiro atoms. The molecule has 2 aromatic carbocycles. The van der Waals surface area contributed by atoms with Crippen LogP contribution in [0.3, 0.4) is 0 Å². The molecule has 3 saturated heterocycles. The van der Waals surface area contributed by atoms with Gasteiger partial charge in [0.2, 0.25) is 22.1 Å². The molecule has 48 heteroatoms. The molecule has 120 heavy (non-hydrogen) atoms. The maximum atomic E-state index is 13.5. The quantitative estimate of drug-likeness (QED) is 0.00635. The molecule has 15 rings (SSSR count). The minimum atomic E-state index is -1.53. The van der Waals surface area contributed by atoms with E-state index in [1.54, 1.807) is 33.3 Å². The van der Waals surface area contributed by atoms with Gasteiger partial charge in [0.05, 0.1) is 23.3 Å². The predicted octanol–water partition coefficient (Wildman–Crippen LogP) is -5.55. The van der Waals surface area contributed by atoms with Crippen LogP contribution in [0.4, 0.5) is 5.13 Å². The Morgan fingerprint density at radius 1 is 0.658 bits per heavy atom. The fraction of sp³-hybridized carbons (Fsp3) is 0.306. The maximum absolute atomic E-state index is 13.5. The summed E-state index contributed by atoms with van der Waals surface area (Å²) in [7, 11) is 4.58. The van der Waals surface area contributed by atoms with Gasteiger partial charge in [0.25, 0.3) is 35.4 Å². The van der Waals surface area contributed by atoms with Crippen molar-refractivity contribution in [3.05, 3.63) is 202 Å². The fourth-order valence-corrected chi connectivity index (χ4v) is 20.1. The standard InChI is InChI=1S/2C25H24N8O7S2.C22H22N6O5S2.Na/c2*1-11-7-16(35)15(8-26-11)20(36)27-17(12-3-5-14(34)6-4-12)21(37)28-18-22(38)33-19(24(39)40)13(9-41-23(18)33)10-42-25-29-30-31-32(25)2;1-33-26-15(13-10-35-22(23)24-13)18(29)25-16-19(30)28-17(21(31)32)12(9-34-20(16)28)8-27-7-3-5-11-4-2-6-14(11)27;/h2*3-8,17-18,23,34H,9-10H2,1-2H3,(H,26,35)(H,27,36)(H,28,37)(H,39,40);3,5,7,10,16,20H,2,4,6,8-9H2,1H3,(H3-,23,24,25,29,31,32);/q;;;+1/p-1/b;;26-15-;/t2*17-,18-,23-;16-,20-;/m111./s1. The minimum absolute atomic E-state index is 0. The number of nitrogens with two attached hydrogens (primary N) is 1. The Morgan fingerprint density at radius 3 is 1.53 bits per heavy atom. The van der Waals surface area contributed by atoms with Crippen LogP contribution in [0, 0.1) is 13.8 Å². The zero-order valence-electron chi connectivity index (χ0n) is 63.9. The van der Waals surface area contributed by atoms with Gasteiger partial charge in [-0.2, -0.15) is 4.57 Å². The molecule has 1 aliphatic carbocycles. The first-order valence-corrected chi connectivity index (χ1v) is 41.7. The average Bonchev–Trinajstić information content (AvgIpc) is 1.11. The summed E-state index contributed by atoms with van der Waals surface area (Å²) in [6.45, 7) is 3.67. The van der Waals surface area contributed by atoms with Crippen LogP contribution in [0.15, 0.2) is 156 Å². The van der Waals surface area contributed by atoms with Crippen molar-refractivity contribution in [2.45, 2.75) is 96.3 Å². The van der Waals surface area contributed by atoms with Crippen LogP contribution >= 0.6 is 70.1 Å². The minimum Gasteiger partial charge on any atom is -0.543 e. The summed E-state index contributed by atoms with van der Waals surface area (Å²) in [5, 5.41) is 93.2. The van der Waals surface area contributed by atoms with E-state index in [1.807, 2.05) is 12.3 Å². The molecule has 8 amide bonds. The number of aromatic amines is 2. The Hall–Kier alpha value is -11.7. The number of anilines is 1. The van der Waals surface area contributed by atoms with E-state index in [0.717, 1.165) is 40.4 Å². The van der Waals surface area contributed by atoms with Crippen molar-refractivity contribution in [3.8, 4) is 11.5 Å². The molecular formula is C72H69N22NaO19S6. The van der Waals surface area contributed by atoms with Gasteiger partial charge < -0.3 is 82.2 Å². The van der Waals surface area contributed by atoms with Crippen LogP contribution in [0.5, 0.6) is 11.5 Å². The number of aromatic hydroxyl groups is 2. The number of β-lactam (4-membered cyclic amide) rings is 3. The Balaban J connectivity index is 0.000000165. The molecule has 12 heterocycles. The number of phenols is 2. The number of H-pyrrole nitrogens is 2. The molecule has 8 aromatic rings. The van der Waals surface area contributed by atoms with Gasteiger partial charge in [-0.25, -0.2) is 19.1 Å². The van der Waals surface area contributed by atoms with Gasteiger partial charge in [0.15, 0.2) is 40.1 Å². The number of aromatic nitrogens is 12. The molecular weight excluding hydrogens is 1690 g/mol. The van der Waals surface area contributed by atoms with Gasteiger partial charge in [0.1, 0.15) is 87.5 Å². The number of hydrogen-bond donors (Lipinski definition) is 11. The van der Waals surface area contributed by atoms with Crippen LogP contribution in [-0.2, 0) is 81.5 Å². The molecule has 7 aliphatic rings. The molecule has 6 aromatic heterocycles. The molecule has 618 valence electrons. The van der Waals surface area contributed by atoms with E-state index >= 15 is 0 Å². The van der Waals surface area contributed by atoms with Crippen molar-refractivity contribution in [1.29, 1.82) is 0 Å². The van der Waals surface area contributed by atoms with E-state index in [0.29, 0.717) is 50.7 Å². The second-order valence-electron chi connectivity index (χ2n) is 27.1. The summed E-state index contributed by atoms with van der Waals surface area (Å²) in [5.41, 5.74) is 9.32. The number of nitrogens with zero attached hydrogens (tertiary/aromatic N) is 14. The molecule has 41 nitrogen and oxygen atoms in total. The molecule has 6 aliphatic heterocycles. The number of hydrogen-bond acceptors (Lipinski definition) is 33. The van der Waals surface area contributed by atoms with Crippen LogP contribution in [0.1, 0.15) is 78.7 Å². The average molecular weight is 1760 g/mol. The van der Waals surface area contributed by atoms with E-state index in [1.165, 1.54) is 164 Å². The third-order valence-corrected chi connectivity index (χ3v) is 26.2. The van der Waals surface area contributed by atoms with E-state index < -0.39 is 122 Å². The number of nitrogens with one attached hydrogen (secondary N) is 7. The van der Waals surface area contributed by atoms with Gasteiger partial charge in [-0.15, -0.1) is 56.8 Å². The number of carboxylic acid groups (broad SMARTS) is 3. The number of amides is 8. The Kier molecular flexibility index (Phi) is 27.5. The van der Waals surface area contributed by atoms with Crippen molar-refractivity contribution in [2.75, 3.05) is 41.6 Å². The fourth-order valence-electron chi connectivity index (χ4n) is 13.6. The normalized spacial score (nSPS) is 19.3. The number of rotatable bonds is 25. The summed E-state index contributed by atoms with van der Waals surface area (Å²) < 4.78 is 4.93. The van der Waals surface area contributed by atoms with Gasteiger partial charge in [-0.05, 0) is 100 Å². The van der Waals surface area contributed by atoms with Crippen molar-refractivity contribution in [2.24, 2.45) is 19.3 Å². The smallest absolute Gasteiger partial charge is 0.543 e. The number of oxime groups is 1. The number of aliphatic carboxylic acids is 3. The molecule has 3 fully saturated rings. The zero-order valence-corrected chi connectivity index (χ0v) is 70.8. The summed E-state index contributed by atoms with van der Waals surface area (Å²) in [6.07, 6.45) is 7.41. The summed E-state index contributed by atoms with van der Waals surface area (Å²) >= 11 is 7.53. The van der Waals surface area contributed by atoms with Crippen molar-refractivity contribution in [1.82, 2.24) is 96.7 Å². The summed E-state index contributed by atoms with van der Waals surface area (Å²) in [5.74, 6) is -8.64. The number of aryl methyl sites for hydroxylation is 5. The molecule has 0 saturated carbocycles. The van der Waals surface area contributed by atoms with E-state index in [4.69, 9.17) is 10.6 Å². The second-order valence-corrected chi connectivity index (χ2v) is 33.2. The molecule has 8 atom stereocenters. The van der Waals surface area contributed by atoms with E-state index in [9.17, 15) is 87.9 Å². The Morgan fingerprint density at radius 2 is 1.11 bits per heavy atom. The zero-order chi connectivity index (χ0) is 84.9. The number of tetrazole rings is 2. The Labute approximate surface area is 724 Å². The van der Waals surface area contributed by atoms with Crippen molar-refractivity contribution >= 4 is 146 Å². The number of carbonyl (C=O) groups is 11. The summed E-state index contributed by atoms with van der Waals surface area (Å²) in [6, 6.07) is 11.7. The molecule has 0 bridgehead atoms. The number of thiazole rings is 1. The van der Waals surface area contributed by atoms with Crippen LogP contribution in [-0.4, -0.2) is 226 Å². The number of benzene rings is 2. The van der Waals surface area contributed by atoms with Crippen molar-refractivity contribution < 1.29 is 117 Å². The number of phenolic OH excluding ortho intramolecular Hbond substituents is 2. The van der Waals surface area contributed by atoms with Crippen LogP contribution in [0.2, 0.25) is 0 Å². The van der Waals surface area contributed by atoms with Gasteiger partial charge >= 0.3 is 35.5 Å².